The lowest BCUT2D eigenvalue weighted by atomic mass is 10.1. The second kappa shape index (κ2) is 9.01. The zero-order chi connectivity index (χ0) is 22.9. The van der Waals surface area contributed by atoms with E-state index >= 15 is 0 Å². The first-order valence-corrected chi connectivity index (χ1v) is 12.2. The molecule has 2 heterocycles. The number of rotatable bonds is 5. The van der Waals surface area contributed by atoms with Crippen molar-refractivity contribution in [3.8, 4) is 11.4 Å². The minimum atomic E-state index is -3.71. The topological polar surface area (TPSA) is 106 Å². The summed E-state index contributed by atoms with van der Waals surface area (Å²) >= 11 is 6.20. The Morgan fingerprint density at radius 2 is 1.91 bits per heavy atom. The lowest BCUT2D eigenvalue weighted by Crippen LogP contribution is -2.20. The lowest BCUT2D eigenvalue weighted by Gasteiger charge is -2.13. The molecule has 3 aromatic rings. The highest BCUT2D eigenvalue weighted by Gasteiger charge is 2.20. The van der Waals surface area contributed by atoms with Gasteiger partial charge in [-0.25, -0.2) is 13.1 Å². The van der Waals surface area contributed by atoms with Crippen molar-refractivity contribution in [1.29, 1.82) is 0 Å². The van der Waals surface area contributed by atoms with E-state index in [1.165, 1.54) is 31.7 Å². The van der Waals surface area contributed by atoms with Crippen LogP contribution in [0.5, 0.6) is 0 Å². The number of sulfonamides is 1. The van der Waals surface area contributed by atoms with E-state index in [-0.39, 0.29) is 15.5 Å². The van der Waals surface area contributed by atoms with E-state index in [1.54, 1.807) is 0 Å². The summed E-state index contributed by atoms with van der Waals surface area (Å²) in [5.41, 5.74) is 2.37. The van der Waals surface area contributed by atoms with Crippen LogP contribution in [0.25, 0.3) is 11.4 Å². The number of amides is 1. The van der Waals surface area contributed by atoms with E-state index < -0.39 is 15.9 Å². The van der Waals surface area contributed by atoms with Gasteiger partial charge >= 0.3 is 0 Å². The second-order valence-corrected chi connectivity index (χ2v) is 10.0. The van der Waals surface area contributed by atoms with Crippen LogP contribution in [0.1, 0.15) is 41.0 Å². The summed E-state index contributed by atoms with van der Waals surface area (Å²) in [6.07, 6.45) is 4.27. The van der Waals surface area contributed by atoms with Crippen molar-refractivity contribution in [2.75, 3.05) is 12.4 Å². The average molecular weight is 474 g/mol. The van der Waals surface area contributed by atoms with E-state index in [9.17, 15) is 13.2 Å². The first kappa shape index (κ1) is 22.4. The van der Waals surface area contributed by atoms with Crippen LogP contribution < -0.4 is 10.0 Å². The van der Waals surface area contributed by atoms with Gasteiger partial charge in [-0.1, -0.05) is 30.2 Å². The Morgan fingerprint density at radius 3 is 2.69 bits per heavy atom. The number of halogens is 1. The van der Waals surface area contributed by atoms with E-state index in [0.717, 1.165) is 48.6 Å². The molecule has 0 spiro atoms. The standard InChI is InChI=1S/C22H24ClN5O3S/c1-14-7-8-15(21-27-26-20-6-4-3-5-11-28(20)21)12-19(14)25-22(29)17-13-16(9-10-18(17)23)32(30,31)24-2/h7-10,12-13,24H,3-6,11H2,1-2H3,(H,25,29). The predicted molar refractivity (Wildman–Crippen MR) is 123 cm³/mol. The molecule has 0 radical (unpaired) electrons. The zero-order valence-corrected chi connectivity index (χ0v) is 19.4. The third kappa shape index (κ3) is 4.41. The van der Waals surface area contributed by atoms with Crippen LogP contribution in [-0.2, 0) is 23.0 Å². The number of aromatic nitrogens is 3. The van der Waals surface area contributed by atoms with Crippen LogP contribution in [-0.4, -0.2) is 36.1 Å². The number of fused-ring (bicyclic) bond motifs is 1. The number of benzene rings is 2. The molecule has 1 aliphatic rings. The fourth-order valence-electron chi connectivity index (χ4n) is 3.75. The van der Waals surface area contributed by atoms with Crippen LogP contribution in [0.15, 0.2) is 41.3 Å². The number of carbonyl (C=O) groups is 1. The van der Waals surface area contributed by atoms with Gasteiger partial charge in [-0.2, -0.15) is 0 Å². The predicted octanol–water partition coefficient (Wildman–Crippen LogP) is 3.79. The van der Waals surface area contributed by atoms with E-state index in [4.69, 9.17) is 11.6 Å². The van der Waals surface area contributed by atoms with E-state index in [2.05, 4.69) is 24.8 Å². The molecule has 0 aliphatic carbocycles. The Morgan fingerprint density at radius 1 is 1.09 bits per heavy atom. The van der Waals surface area contributed by atoms with Crippen molar-refractivity contribution < 1.29 is 13.2 Å². The fourth-order valence-corrected chi connectivity index (χ4v) is 4.71. The molecular formula is C22H24ClN5O3S. The Bertz CT molecular complexity index is 1290. The summed E-state index contributed by atoms with van der Waals surface area (Å²) in [5, 5.41) is 11.8. The third-order valence-electron chi connectivity index (χ3n) is 5.61. The Balaban J connectivity index is 1.66. The van der Waals surface area contributed by atoms with E-state index in [1.807, 2.05) is 25.1 Å². The molecule has 168 valence electrons. The van der Waals surface area contributed by atoms with Gasteiger partial charge in [-0.05, 0) is 56.6 Å². The van der Waals surface area contributed by atoms with Gasteiger partial charge in [0.25, 0.3) is 5.91 Å². The summed E-state index contributed by atoms with van der Waals surface area (Å²) in [6, 6.07) is 9.74. The van der Waals surface area contributed by atoms with Crippen molar-refractivity contribution in [3.05, 3.63) is 58.4 Å². The number of anilines is 1. The van der Waals surface area contributed by atoms with Gasteiger partial charge in [-0.3, -0.25) is 4.79 Å². The monoisotopic (exact) mass is 473 g/mol. The quantitative estimate of drug-likeness (QED) is 0.586. The summed E-state index contributed by atoms with van der Waals surface area (Å²) in [5.74, 6) is 1.26. The molecule has 32 heavy (non-hydrogen) atoms. The van der Waals surface area contributed by atoms with Gasteiger partial charge in [0.2, 0.25) is 10.0 Å². The highest BCUT2D eigenvalue weighted by molar-refractivity contribution is 7.89. The Hall–Kier alpha value is -2.75. The van der Waals surface area contributed by atoms with Crippen LogP contribution in [0.2, 0.25) is 5.02 Å². The smallest absolute Gasteiger partial charge is 0.257 e. The molecule has 0 saturated carbocycles. The molecule has 2 aromatic carbocycles. The molecule has 1 amide bonds. The first-order chi connectivity index (χ1) is 15.3. The maximum atomic E-state index is 13.0. The van der Waals surface area contributed by atoms with Gasteiger partial charge in [0.15, 0.2) is 5.82 Å². The summed E-state index contributed by atoms with van der Waals surface area (Å²) < 4.78 is 28.6. The van der Waals surface area contributed by atoms with Crippen molar-refractivity contribution in [1.82, 2.24) is 19.5 Å². The largest absolute Gasteiger partial charge is 0.322 e. The van der Waals surface area contributed by atoms with Gasteiger partial charge in [0, 0.05) is 24.2 Å². The maximum Gasteiger partial charge on any atom is 0.257 e. The van der Waals surface area contributed by atoms with Gasteiger partial charge in [0.05, 0.1) is 15.5 Å². The molecule has 0 saturated heterocycles. The van der Waals surface area contributed by atoms with Crippen LogP contribution in [0, 0.1) is 6.92 Å². The van der Waals surface area contributed by atoms with Gasteiger partial charge in [-0.15, -0.1) is 10.2 Å². The normalized spacial score (nSPS) is 14.0. The number of hydrogen-bond donors (Lipinski definition) is 2. The minimum Gasteiger partial charge on any atom is -0.322 e. The van der Waals surface area contributed by atoms with Gasteiger partial charge in [0.1, 0.15) is 5.82 Å². The average Bonchev–Trinajstić information content (AvgIpc) is 3.03. The molecule has 0 unspecified atom stereocenters. The molecule has 0 fully saturated rings. The minimum absolute atomic E-state index is 0.0359. The molecule has 10 heteroatoms. The number of aryl methyl sites for hydroxylation is 2. The summed E-state index contributed by atoms with van der Waals surface area (Å²) in [4.78, 5) is 13.0. The molecule has 4 rings (SSSR count). The van der Waals surface area contributed by atoms with Crippen molar-refractivity contribution in [3.63, 3.8) is 0 Å². The highest BCUT2D eigenvalue weighted by atomic mass is 35.5. The SMILES string of the molecule is CNS(=O)(=O)c1ccc(Cl)c(C(=O)Nc2cc(-c3nnc4n3CCCCC4)ccc2C)c1. The van der Waals surface area contributed by atoms with Crippen LogP contribution in [0.3, 0.4) is 0 Å². The Kier molecular flexibility index (Phi) is 6.32. The Labute approximate surface area is 192 Å². The molecular weight excluding hydrogens is 450 g/mol. The van der Waals surface area contributed by atoms with E-state index in [0.29, 0.717) is 5.69 Å². The molecule has 1 aromatic heterocycles. The molecule has 0 bridgehead atoms. The number of nitrogens with zero attached hydrogens (tertiary/aromatic N) is 3. The zero-order valence-electron chi connectivity index (χ0n) is 17.9. The van der Waals surface area contributed by atoms with Crippen LogP contribution >= 0.6 is 11.6 Å². The number of carbonyl (C=O) groups excluding carboxylic acids is 1. The van der Waals surface area contributed by atoms with Gasteiger partial charge < -0.3 is 9.88 Å². The molecule has 1 aliphatic heterocycles. The number of hydrogen-bond acceptors (Lipinski definition) is 5. The lowest BCUT2D eigenvalue weighted by molar-refractivity contribution is 0.102. The second-order valence-electron chi connectivity index (χ2n) is 7.74. The summed E-state index contributed by atoms with van der Waals surface area (Å²) in [6.45, 7) is 2.75. The molecule has 0 atom stereocenters. The fraction of sp³-hybridized carbons (Fsp3) is 0.318. The highest BCUT2D eigenvalue weighted by Crippen LogP contribution is 2.28. The van der Waals surface area contributed by atoms with Crippen molar-refractivity contribution in [2.24, 2.45) is 0 Å². The third-order valence-corrected chi connectivity index (χ3v) is 7.36. The van der Waals surface area contributed by atoms with Crippen molar-refractivity contribution in [2.45, 2.75) is 44.0 Å². The first-order valence-electron chi connectivity index (χ1n) is 10.4. The molecule has 8 nitrogen and oxygen atoms in total. The molecule has 2 N–H and O–H groups in total. The van der Waals surface area contributed by atoms with Crippen LogP contribution in [0.4, 0.5) is 5.69 Å². The maximum absolute atomic E-state index is 13.0. The number of nitrogens with one attached hydrogen (secondary N) is 2. The summed E-state index contributed by atoms with van der Waals surface area (Å²) in [7, 11) is -2.40. The van der Waals surface area contributed by atoms with Crippen molar-refractivity contribution >= 4 is 33.2 Å².